The maximum Gasteiger partial charge on any atom is 0.317 e. The second-order valence-electron chi connectivity index (χ2n) is 5.79. The number of urea groups is 1. The molecule has 1 fully saturated rings. The lowest BCUT2D eigenvalue weighted by Gasteiger charge is -2.34. The first-order valence-electron chi connectivity index (χ1n) is 8.19. The summed E-state index contributed by atoms with van der Waals surface area (Å²) in [6.07, 6.45) is 3.34. The van der Waals surface area contributed by atoms with E-state index in [1.54, 1.807) is 6.07 Å². The van der Waals surface area contributed by atoms with Gasteiger partial charge in [-0.2, -0.15) is 0 Å². The quantitative estimate of drug-likeness (QED) is 0.820. The van der Waals surface area contributed by atoms with Gasteiger partial charge in [-0.15, -0.1) is 0 Å². The lowest BCUT2D eigenvalue weighted by Crippen LogP contribution is -2.51. The van der Waals surface area contributed by atoms with Gasteiger partial charge in [0.2, 0.25) is 0 Å². The van der Waals surface area contributed by atoms with Crippen molar-refractivity contribution in [2.45, 2.75) is 32.7 Å². The van der Waals surface area contributed by atoms with Crippen LogP contribution in [0.4, 0.5) is 9.18 Å². The third-order valence-electron chi connectivity index (χ3n) is 4.07. The van der Waals surface area contributed by atoms with E-state index in [-0.39, 0.29) is 11.8 Å². The number of rotatable bonds is 6. The molecule has 0 saturated carbocycles. The van der Waals surface area contributed by atoms with E-state index in [9.17, 15) is 9.18 Å². The molecule has 1 saturated heterocycles. The van der Waals surface area contributed by atoms with Crippen molar-refractivity contribution in [1.29, 1.82) is 0 Å². The molecule has 5 heteroatoms. The first-order chi connectivity index (χ1) is 10.7. The summed E-state index contributed by atoms with van der Waals surface area (Å²) in [5.74, 6) is -0.154. The van der Waals surface area contributed by atoms with Crippen molar-refractivity contribution in [3.05, 3.63) is 35.6 Å². The van der Waals surface area contributed by atoms with Crippen molar-refractivity contribution >= 4 is 6.03 Å². The smallest absolute Gasteiger partial charge is 0.317 e. The van der Waals surface area contributed by atoms with Crippen LogP contribution in [0.3, 0.4) is 0 Å². The molecule has 4 nitrogen and oxygen atoms in total. The summed E-state index contributed by atoms with van der Waals surface area (Å²) in [5, 5.41) is 2.97. The number of benzene rings is 1. The fourth-order valence-electron chi connectivity index (χ4n) is 2.66. The van der Waals surface area contributed by atoms with Crippen LogP contribution in [0, 0.1) is 5.82 Å². The Labute approximate surface area is 132 Å². The van der Waals surface area contributed by atoms with Crippen LogP contribution in [0.15, 0.2) is 24.3 Å². The molecule has 1 N–H and O–H groups in total. The highest BCUT2D eigenvalue weighted by Gasteiger charge is 2.21. The van der Waals surface area contributed by atoms with E-state index in [1.165, 1.54) is 6.07 Å². The van der Waals surface area contributed by atoms with Gasteiger partial charge in [0.05, 0.1) is 0 Å². The van der Waals surface area contributed by atoms with Gasteiger partial charge in [-0.05, 0) is 12.5 Å². The van der Waals surface area contributed by atoms with Gasteiger partial charge >= 0.3 is 6.03 Å². The highest BCUT2D eigenvalue weighted by molar-refractivity contribution is 5.74. The largest absolute Gasteiger partial charge is 0.338 e. The van der Waals surface area contributed by atoms with E-state index in [2.05, 4.69) is 17.1 Å². The number of carbonyl (C=O) groups excluding carboxylic acids is 1. The second kappa shape index (κ2) is 8.73. The first kappa shape index (κ1) is 16.7. The Bertz CT molecular complexity index is 473. The zero-order valence-electron chi connectivity index (χ0n) is 13.4. The number of nitrogens with zero attached hydrogens (tertiary/aromatic N) is 2. The second-order valence-corrected chi connectivity index (χ2v) is 5.79. The van der Waals surface area contributed by atoms with Crippen molar-refractivity contribution in [1.82, 2.24) is 15.1 Å². The highest BCUT2D eigenvalue weighted by Crippen LogP contribution is 2.12. The van der Waals surface area contributed by atoms with E-state index < -0.39 is 0 Å². The molecule has 1 heterocycles. The number of hydrogen-bond acceptors (Lipinski definition) is 2. The molecule has 22 heavy (non-hydrogen) atoms. The Morgan fingerprint density at radius 2 is 1.91 bits per heavy atom. The van der Waals surface area contributed by atoms with Crippen LogP contribution in [0.1, 0.15) is 31.7 Å². The van der Waals surface area contributed by atoms with Crippen molar-refractivity contribution < 1.29 is 9.18 Å². The molecule has 0 aromatic heterocycles. The summed E-state index contributed by atoms with van der Waals surface area (Å²) in [6.45, 7) is 6.49. The summed E-state index contributed by atoms with van der Waals surface area (Å²) in [5.41, 5.74) is 0.722. The Kier molecular flexibility index (Phi) is 6.65. The Morgan fingerprint density at radius 1 is 1.18 bits per heavy atom. The van der Waals surface area contributed by atoms with Crippen molar-refractivity contribution in [3.8, 4) is 0 Å². The minimum absolute atomic E-state index is 0.0293. The van der Waals surface area contributed by atoms with Crippen LogP contribution in [0.5, 0.6) is 0 Å². The monoisotopic (exact) mass is 307 g/mol. The summed E-state index contributed by atoms with van der Waals surface area (Å²) in [7, 11) is 0. The van der Waals surface area contributed by atoms with Crippen molar-refractivity contribution in [2.75, 3.05) is 32.7 Å². The summed E-state index contributed by atoms with van der Waals surface area (Å²) >= 11 is 0. The SMILES string of the molecule is CCCCCNC(=O)N1CCN(Cc2ccccc2F)CC1. The lowest BCUT2D eigenvalue weighted by molar-refractivity contribution is 0.134. The number of halogens is 1. The maximum absolute atomic E-state index is 13.7. The minimum atomic E-state index is -0.154. The molecule has 0 aliphatic carbocycles. The summed E-state index contributed by atoms with van der Waals surface area (Å²) < 4.78 is 13.7. The highest BCUT2D eigenvalue weighted by atomic mass is 19.1. The van der Waals surface area contributed by atoms with Crippen LogP contribution >= 0.6 is 0 Å². The molecule has 0 bridgehead atoms. The molecular weight excluding hydrogens is 281 g/mol. The number of nitrogens with one attached hydrogen (secondary N) is 1. The molecule has 2 amide bonds. The lowest BCUT2D eigenvalue weighted by atomic mass is 10.2. The zero-order chi connectivity index (χ0) is 15.8. The van der Waals surface area contributed by atoms with E-state index in [0.29, 0.717) is 19.6 Å². The molecule has 0 unspecified atom stereocenters. The molecule has 0 atom stereocenters. The Hall–Kier alpha value is -1.62. The van der Waals surface area contributed by atoms with Crippen LogP contribution in [0.2, 0.25) is 0 Å². The summed E-state index contributed by atoms with van der Waals surface area (Å²) in [4.78, 5) is 16.1. The third-order valence-corrected chi connectivity index (χ3v) is 4.07. The molecule has 2 rings (SSSR count). The van der Waals surface area contributed by atoms with Gasteiger partial charge in [0.15, 0.2) is 0 Å². The zero-order valence-corrected chi connectivity index (χ0v) is 13.4. The number of hydrogen-bond donors (Lipinski definition) is 1. The van der Waals surface area contributed by atoms with Gasteiger partial charge in [-0.1, -0.05) is 38.0 Å². The van der Waals surface area contributed by atoms with Gasteiger partial charge in [-0.25, -0.2) is 9.18 Å². The number of unbranched alkanes of at least 4 members (excludes halogenated alkanes) is 2. The topological polar surface area (TPSA) is 35.6 Å². The van der Waals surface area contributed by atoms with E-state index >= 15 is 0 Å². The van der Waals surface area contributed by atoms with Crippen molar-refractivity contribution in [2.24, 2.45) is 0 Å². The van der Waals surface area contributed by atoms with Gasteiger partial charge in [-0.3, -0.25) is 4.90 Å². The molecule has 122 valence electrons. The van der Waals surface area contributed by atoms with Crippen molar-refractivity contribution in [3.63, 3.8) is 0 Å². The van der Waals surface area contributed by atoms with Crippen LogP contribution < -0.4 is 5.32 Å². The maximum atomic E-state index is 13.7. The molecular formula is C17H26FN3O. The number of piperazine rings is 1. The van der Waals surface area contributed by atoms with Crippen LogP contribution in [-0.2, 0) is 6.54 Å². The predicted octanol–water partition coefficient (Wildman–Crippen LogP) is 2.84. The minimum Gasteiger partial charge on any atom is -0.338 e. The predicted molar refractivity (Wildman–Crippen MR) is 86.2 cm³/mol. The first-order valence-corrected chi connectivity index (χ1v) is 8.19. The normalized spacial score (nSPS) is 15.8. The molecule has 1 aromatic carbocycles. The Morgan fingerprint density at radius 3 is 2.59 bits per heavy atom. The fourth-order valence-corrected chi connectivity index (χ4v) is 2.66. The molecule has 1 aromatic rings. The van der Waals surface area contributed by atoms with E-state index in [4.69, 9.17) is 0 Å². The van der Waals surface area contributed by atoms with Gasteiger partial charge in [0.25, 0.3) is 0 Å². The summed E-state index contributed by atoms with van der Waals surface area (Å²) in [6, 6.07) is 6.91. The molecule has 1 aliphatic heterocycles. The molecule has 0 spiro atoms. The fraction of sp³-hybridized carbons (Fsp3) is 0.588. The van der Waals surface area contributed by atoms with Gasteiger partial charge in [0.1, 0.15) is 5.82 Å². The number of carbonyl (C=O) groups is 1. The van der Waals surface area contributed by atoms with Crippen LogP contribution in [-0.4, -0.2) is 48.6 Å². The third kappa shape index (κ3) is 4.98. The van der Waals surface area contributed by atoms with E-state index in [0.717, 1.165) is 44.5 Å². The van der Waals surface area contributed by atoms with Gasteiger partial charge in [0, 0.05) is 44.8 Å². The standard InChI is InChI=1S/C17H26FN3O/c1-2-3-6-9-19-17(22)21-12-10-20(11-13-21)14-15-7-4-5-8-16(15)18/h4-5,7-8H,2-3,6,9-14H2,1H3,(H,19,22). The van der Waals surface area contributed by atoms with E-state index in [1.807, 2.05) is 17.0 Å². The molecule has 1 aliphatic rings. The Balaban J connectivity index is 1.71. The van der Waals surface area contributed by atoms with Gasteiger partial charge < -0.3 is 10.2 Å². The van der Waals surface area contributed by atoms with Crippen LogP contribution in [0.25, 0.3) is 0 Å². The number of amides is 2. The average Bonchev–Trinajstić information content (AvgIpc) is 2.54. The molecule has 0 radical (unpaired) electrons. The average molecular weight is 307 g/mol.